The summed E-state index contributed by atoms with van der Waals surface area (Å²) in [5, 5.41) is 8.99. The van der Waals surface area contributed by atoms with Crippen LogP contribution in [0.3, 0.4) is 0 Å². The Morgan fingerprint density at radius 2 is 1.42 bits per heavy atom. The van der Waals surface area contributed by atoms with Crippen LogP contribution in [0.25, 0.3) is 0 Å². The fourth-order valence-corrected chi connectivity index (χ4v) is 7.47. The number of carboxylic acid groups (broad SMARTS) is 1. The third-order valence-corrected chi connectivity index (χ3v) is 11.0. The third kappa shape index (κ3) is 8.78. The number of benzene rings is 4. The number of alkyl halides is 3. The lowest BCUT2D eigenvalue weighted by Gasteiger charge is -2.29. The Morgan fingerprint density at radius 1 is 0.818 bits per heavy atom. The van der Waals surface area contributed by atoms with Crippen LogP contribution in [0.4, 0.5) is 45.2 Å². The molecule has 0 bridgehead atoms. The van der Waals surface area contributed by atoms with Crippen molar-refractivity contribution in [2.75, 3.05) is 11.4 Å². The van der Waals surface area contributed by atoms with Gasteiger partial charge < -0.3 is 10.0 Å². The Kier molecular flexibility index (Phi) is 11.4. The SMILES string of the molecule is CC(C)(C)c1cc(CN(C(=O)CN(Cc2ccc(F)cc2Cl)S(=O)(=O)c2c(F)c(F)c(F)c(F)c2F)c2ccc(C(=O)O)c(C(F)(F)F)c2)cc(C2CC2)c1. The molecule has 4 aromatic carbocycles. The van der Waals surface area contributed by atoms with E-state index in [0.29, 0.717) is 28.7 Å². The molecular weight excluding hydrogens is 791 g/mol. The van der Waals surface area contributed by atoms with Gasteiger partial charge in [0.2, 0.25) is 21.7 Å². The van der Waals surface area contributed by atoms with Crippen LogP contribution in [0.1, 0.15) is 77.7 Å². The van der Waals surface area contributed by atoms with Crippen molar-refractivity contribution in [1.29, 1.82) is 0 Å². The van der Waals surface area contributed by atoms with E-state index >= 15 is 8.78 Å². The molecule has 18 heteroatoms. The zero-order valence-electron chi connectivity index (χ0n) is 29.0. The predicted molar refractivity (Wildman–Crippen MR) is 182 cm³/mol. The number of aromatic carboxylic acids is 1. The summed E-state index contributed by atoms with van der Waals surface area (Å²) in [5.74, 6) is -17.6. The van der Waals surface area contributed by atoms with Gasteiger partial charge in [-0.25, -0.2) is 39.6 Å². The molecule has 1 aliphatic rings. The summed E-state index contributed by atoms with van der Waals surface area (Å²) >= 11 is 6.07. The number of hydrogen-bond acceptors (Lipinski definition) is 4. The Morgan fingerprint density at radius 3 is 1.95 bits per heavy atom. The zero-order valence-corrected chi connectivity index (χ0v) is 30.5. The molecule has 5 rings (SSSR count). The number of halogens is 10. The van der Waals surface area contributed by atoms with Crippen LogP contribution < -0.4 is 4.90 Å². The Labute approximate surface area is 314 Å². The fourth-order valence-electron chi connectivity index (χ4n) is 5.76. The van der Waals surface area contributed by atoms with Crippen molar-refractivity contribution in [1.82, 2.24) is 4.31 Å². The van der Waals surface area contributed by atoms with Gasteiger partial charge in [0.05, 0.1) is 24.2 Å². The molecule has 1 fully saturated rings. The summed E-state index contributed by atoms with van der Waals surface area (Å²) < 4.78 is 157. The number of anilines is 1. The van der Waals surface area contributed by atoms with E-state index in [4.69, 9.17) is 11.6 Å². The van der Waals surface area contributed by atoms with E-state index < -0.39 is 115 Å². The average Bonchev–Trinajstić information content (AvgIpc) is 3.94. The second-order valence-electron chi connectivity index (χ2n) is 13.9. The number of rotatable bonds is 11. The molecule has 4 aromatic rings. The van der Waals surface area contributed by atoms with Gasteiger partial charge in [-0.05, 0) is 76.8 Å². The summed E-state index contributed by atoms with van der Waals surface area (Å²) in [6, 6.07) is 9.46. The maximum Gasteiger partial charge on any atom is 0.417 e. The van der Waals surface area contributed by atoms with Crippen molar-refractivity contribution in [3.8, 4) is 0 Å². The van der Waals surface area contributed by atoms with Crippen LogP contribution in [-0.4, -0.2) is 36.3 Å². The predicted octanol–water partition coefficient (Wildman–Crippen LogP) is 9.49. The highest BCUT2D eigenvalue weighted by molar-refractivity contribution is 7.89. The van der Waals surface area contributed by atoms with Gasteiger partial charge in [-0.15, -0.1) is 0 Å². The first kappa shape index (κ1) is 41.6. The van der Waals surface area contributed by atoms with Crippen LogP contribution >= 0.6 is 11.6 Å². The number of carboxylic acids is 1. The van der Waals surface area contributed by atoms with Crippen molar-refractivity contribution in [3.05, 3.63) is 128 Å². The summed E-state index contributed by atoms with van der Waals surface area (Å²) in [7, 11) is -5.94. The molecule has 0 heterocycles. The first-order chi connectivity index (χ1) is 25.4. The van der Waals surface area contributed by atoms with Crippen molar-refractivity contribution in [2.24, 2.45) is 0 Å². The normalized spacial score (nSPS) is 13.7. The minimum absolute atomic E-state index is 0.0305. The number of carbonyl (C=O) groups is 2. The van der Waals surface area contributed by atoms with Gasteiger partial charge >= 0.3 is 12.1 Å². The largest absolute Gasteiger partial charge is 0.478 e. The molecule has 0 atom stereocenters. The smallest absolute Gasteiger partial charge is 0.417 e. The molecule has 0 aromatic heterocycles. The van der Waals surface area contributed by atoms with Crippen molar-refractivity contribution in [3.63, 3.8) is 0 Å². The summed E-state index contributed by atoms with van der Waals surface area (Å²) in [5.41, 5.74) is -2.30. The molecule has 0 radical (unpaired) electrons. The molecule has 0 spiro atoms. The molecule has 0 unspecified atom stereocenters. The van der Waals surface area contributed by atoms with Crippen LogP contribution in [0.15, 0.2) is 59.5 Å². The Balaban J connectivity index is 1.70. The molecule has 1 aliphatic carbocycles. The lowest BCUT2D eigenvalue weighted by Crippen LogP contribution is -2.43. The first-order valence-electron chi connectivity index (χ1n) is 16.3. The highest BCUT2D eigenvalue weighted by atomic mass is 35.5. The Hall–Kier alpha value is -4.61. The van der Waals surface area contributed by atoms with Gasteiger partial charge in [0, 0.05) is 17.3 Å². The van der Waals surface area contributed by atoms with Gasteiger partial charge in [-0.2, -0.15) is 17.5 Å². The highest BCUT2D eigenvalue weighted by Gasteiger charge is 2.40. The second-order valence-corrected chi connectivity index (χ2v) is 16.2. The first-order valence-corrected chi connectivity index (χ1v) is 18.1. The molecule has 1 amide bonds. The molecule has 1 N–H and O–H groups in total. The molecule has 7 nitrogen and oxygen atoms in total. The molecule has 0 aliphatic heterocycles. The number of amides is 1. The van der Waals surface area contributed by atoms with E-state index in [1.807, 2.05) is 26.8 Å². The topological polar surface area (TPSA) is 95.0 Å². The number of sulfonamides is 1. The van der Waals surface area contributed by atoms with E-state index in [-0.39, 0.29) is 15.8 Å². The molecule has 1 saturated carbocycles. The minimum Gasteiger partial charge on any atom is -0.478 e. The Bertz CT molecular complexity index is 2280. The van der Waals surface area contributed by atoms with Crippen LogP contribution in [0, 0.1) is 34.9 Å². The standard InChI is InChI=1S/C37H30ClF9N2O5S/c1-36(2,3)22-11-18(10-21(12-22)19-4-5-19)15-49(24-8-9-25(35(51)52)26(14-24)37(45,46)47)28(50)17-48(16-20-6-7-23(39)13-27(20)38)55(53,54)34-32(43)30(41)29(40)31(42)33(34)44/h6-14,19H,4-5,15-17H2,1-3H3,(H,51,52). The fraction of sp³-hybridized carbons (Fsp3) is 0.297. The average molecular weight is 821 g/mol. The lowest BCUT2D eigenvalue weighted by molar-refractivity contribution is -0.138. The second kappa shape index (κ2) is 15.1. The molecule has 0 saturated heterocycles. The van der Waals surface area contributed by atoms with Gasteiger partial charge in [-0.1, -0.05) is 56.6 Å². The summed E-state index contributed by atoms with van der Waals surface area (Å²) in [6.45, 7) is 2.42. The number of hydrogen-bond donors (Lipinski definition) is 1. The van der Waals surface area contributed by atoms with E-state index in [1.165, 1.54) is 0 Å². The molecule has 55 heavy (non-hydrogen) atoms. The van der Waals surface area contributed by atoms with Crippen molar-refractivity contribution < 1.29 is 62.6 Å². The number of carbonyl (C=O) groups excluding carboxylic acids is 1. The highest BCUT2D eigenvalue weighted by Crippen LogP contribution is 2.42. The summed E-state index contributed by atoms with van der Waals surface area (Å²) in [6.07, 6.45) is -3.61. The van der Waals surface area contributed by atoms with E-state index in [0.717, 1.165) is 42.2 Å². The monoisotopic (exact) mass is 820 g/mol. The van der Waals surface area contributed by atoms with Crippen LogP contribution in [0.5, 0.6) is 0 Å². The van der Waals surface area contributed by atoms with E-state index in [2.05, 4.69) is 0 Å². The van der Waals surface area contributed by atoms with Crippen molar-refractivity contribution in [2.45, 2.75) is 69.1 Å². The van der Waals surface area contributed by atoms with Gasteiger partial charge in [-0.3, -0.25) is 4.79 Å². The quantitative estimate of drug-likeness (QED) is 0.0925. The van der Waals surface area contributed by atoms with Crippen molar-refractivity contribution >= 4 is 39.2 Å². The third-order valence-electron chi connectivity index (χ3n) is 8.86. The maximum atomic E-state index is 15.0. The van der Waals surface area contributed by atoms with Gasteiger partial charge in [0.1, 0.15) is 5.82 Å². The van der Waals surface area contributed by atoms with E-state index in [1.54, 1.807) is 12.1 Å². The zero-order chi connectivity index (χ0) is 40.9. The van der Waals surface area contributed by atoms with Gasteiger partial charge in [0.15, 0.2) is 28.2 Å². The van der Waals surface area contributed by atoms with Crippen LogP contribution in [0.2, 0.25) is 5.02 Å². The molecule has 294 valence electrons. The number of nitrogens with zero attached hydrogens (tertiary/aromatic N) is 2. The lowest BCUT2D eigenvalue weighted by atomic mass is 9.84. The summed E-state index contributed by atoms with van der Waals surface area (Å²) in [4.78, 5) is 24.4. The van der Waals surface area contributed by atoms with E-state index in [9.17, 15) is 53.8 Å². The van der Waals surface area contributed by atoms with Crippen LogP contribution in [-0.2, 0) is 39.5 Å². The van der Waals surface area contributed by atoms with Gasteiger partial charge in [0.25, 0.3) is 0 Å². The minimum atomic E-state index is -5.94. The molecular formula is C37H30ClF9N2O5S. The maximum absolute atomic E-state index is 15.0.